The van der Waals surface area contributed by atoms with E-state index < -0.39 is 5.97 Å². The first-order chi connectivity index (χ1) is 9.04. The van der Waals surface area contributed by atoms with Gasteiger partial charge < -0.3 is 14.0 Å². The maximum atomic E-state index is 11.9. The Labute approximate surface area is 113 Å². The normalized spacial score (nSPS) is 10.5. The standard InChI is InChI=1S/C14H21NO4/c1-4-18-12-6-5-8-15(14(12)17)10-13(16)19-9-7-11(2)3/h5-6,8,11H,4,7,9-10H2,1-3H3. The number of rotatable bonds is 7. The van der Waals surface area contributed by atoms with Crippen molar-refractivity contribution >= 4 is 5.97 Å². The van der Waals surface area contributed by atoms with Crippen molar-refractivity contribution in [3.63, 3.8) is 0 Å². The molecule has 0 spiro atoms. The zero-order valence-electron chi connectivity index (χ0n) is 11.7. The number of carbonyl (C=O) groups excluding carboxylic acids is 1. The highest BCUT2D eigenvalue weighted by molar-refractivity contribution is 5.69. The maximum absolute atomic E-state index is 11.9. The van der Waals surface area contributed by atoms with Crippen LogP contribution >= 0.6 is 0 Å². The minimum absolute atomic E-state index is 0.0855. The molecule has 0 aliphatic rings. The largest absolute Gasteiger partial charge is 0.488 e. The van der Waals surface area contributed by atoms with Gasteiger partial charge in [0, 0.05) is 6.20 Å². The summed E-state index contributed by atoms with van der Waals surface area (Å²) >= 11 is 0. The molecule has 1 aromatic rings. The number of hydrogen-bond donors (Lipinski definition) is 0. The lowest BCUT2D eigenvalue weighted by atomic mass is 10.1. The predicted molar refractivity (Wildman–Crippen MR) is 72.3 cm³/mol. The third-order valence-electron chi connectivity index (χ3n) is 2.54. The molecule has 5 heteroatoms. The van der Waals surface area contributed by atoms with Gasteiger partial charge in [0.05, 0.1) is 13.2 Å². The van der Waals surface area contributed by atoms with Crippen molar-refractivity contribution in [1.29, 1.82) is 0 Å². The van der Waals surface area contributed by atoms with Crippen LogP contribution in [-0.4, -0.2) is 23.8 Å². The molecule has 5 nitrogen and oxygen atoms in total. The summed E-state index contributed by atoms with van der Waals surface area (Å²) < 4.78 is 11.6. The average molecular weight is 267 g/mol. The van der Waals surface area contributed by atoms with E-state index in [-0.39, 0.29) is 17.9 Å². The third kappa shape index (κ3) is 5.16. The van der Waals surface area contributed by atoms with Crippen LogP contribution in [0.3, 0.4) is 0 Å². The van der Waals surface area contributed by atoms with Gasteiger partial charge in [-0.05, 0) is 31.4 Å². The van der Waals surface area contributed by atoms with Crippen LogP contribution in [0, 0.1) is 5.92 Å². The predicted octanol–water partition coefficient (Wildman–Crippen LogP) is 1.84. The molecule has 0 atom stereocenters. The van der Waals surface area contributed by atoms with Crippen LogP contribution in [-0.2, 0) is 16.1 Å². The molecule has 106 valence electrons. The van der Waals surface area contributed by atoms with Gasteiger partial charge in [0.2, 0.25) is 0 Å². The van der Waals surface area contributed by atoms with E-state index in [1.165, 1.54) is 4.57 Å². The minimum Gasteiger partial charge on any atom is -0.488 e. The van der Waals surface area contributed by atoms with Gasteiger partial charge >= 0.3 is 5.97 Å². The van der Waals surface area contributed by atoms with Gasteiger partial charge in [-0.25, -0.2) is 0 Å². The molecule has 0 bridgehead atoms. The van der Waals surface area contributed by atoms with E-state index in [2.05, 4.69) is 13.8 Å². The second-order valence-corrected chi connectivity index (χ2v) is 4.64. The zero-order valence-corrected chi connectivity index (χ0v) is 11.7. The van der Waals surface area contributed by atoms with E-state index in [4.69, 9.17) is 9.47 Å². The van der Waals surface area contributed by atoms with Crippen LogP contribution in [0.2, 0.25) is 0 Å². The quantitative estimate of drug-likeness (QED) is 0.707. The highest BCUT2D eigenvalue weighted by atomic mass is 16.5. The van der Waals surface area contributed by atoms with Crippen LogP contribution in [0.4, 0.5) is 0 Å². The summed E-state index contributed by atoms with van der Waals surface area (Å²) in [6, 6.07) is 3.26. The first-order valence-corrected chi connectivity index (χ1v) is 6.52. The summed E-state index contributed by atoms with van der Waals surface area (Å²) in [4.78, 5) is 23.5. The SMILES string of the molecule is CCOc1cccn(CC(=O)OCCC(C)C)c1=O. The van der Waals surface area contributed by atoms with E-state index in [1.807, 2.05) is 0 Å². The van der Waals surface area contributed by atoms with E-state index in [0.29, 0.717) is 19.1 Å². The molecule has 0 aromatic carbocycles. The monoisotopic (exact) mass is 267 g/mol. The van der Waals surface area contributed by atoms with E-state index in [0.717, 1.165) is 6.42 Å². The number of aromatic nitrogens is 1. The highest BCUT2D eigenvalue weighted by Crippen LogP contribution is 2.02. The number of ether oxygens (including phenoxy) is 2. The molecule has 1 aromatic heterocycles. The fourth-order valence-electron chi connectivity index (χ4n) is 1.50. The Balaban J connectivity index is 2.59. The summed E-state index contributed by atoms with van der Waals surface area (Å²) in [5.41, 5.74) is -0.315. The van der Waals surface area contributed by atoms with Gasteiger partial charge in [0.25, 0.3) is 5.56 Å². The van der Waals surface area contributed by atoms with Crippen molar-refractivity contribution in [3.8, 4) is 5.75 Å². The summed E-state index contributed by atoms with van der Waals surface area (Å²) in [5.74, 6) is 0.327. The number of hydrogen-bond acceptors (Lipinski definition) is 4. The molecule has 1 rings (SSSR count). The Morgan fingerprint density at radius 1 is 1.42 bits per heavy atom. The Hall–Kier alpha value is -1.78. The van der Waals surface area contributed by atoms with Crippen molar-refractivity contribution in [2.24, 2.45) is 5.92 Å². The van der Waals surface area contributed by atoms with Gasteiger partial charge in [-0.2, -0.15) is 0 Å². The van der Waals surface area contributed by atoms with Crippen molar-refractivity contribution in [2.75, 3.05) is 13.2 Å². The number of esters is 1. The topological polar surface area (TPSA) is 57.5 Å². The molecule has 0 fully saturated rings. The molecule has 0 saturated carbocycles. The van der Waals surface area contributed by atoms with Crippen molar-refractivity contribution < 1.29 is 14.3 Å². The third-order valence-corrected chi connectivity index (χ3v) is 2.54. The summed E-state index contributed by atoms with van der Waals surface area (Å²) in [6.07, 6.45) is 2.37. The average Bonchev–Trinajstić information content (AvgIpc) is 2.34. The smallest absolute Gasteiger partial charge is 0.326 e. The van der Waals surface area contributed by atoms with E-state index in [1.54, 1.807) is 25.3 Å². The van der Waals surface area contributed by atoms with Crippen molar-refractivity contribution in [2.45, 2.75) is 33.7 Å². The van der Waals surface area contributed by atoms with Crippen molar-refractivity contribution in [3.05, 3.63) is 28.7 Å². The highest BCUT2D eigenvalue weighted by Gasteiger charge is 2.09. The number of pyridine rings is 1. The van der Waals surface area contributed by atoms with Crippen LogP contribution in [0.5, 0.6) is 5.75 Å². The number of carbonyl (C=O) groups is 1. The molecule has 1 heterocycles. The van der Waals surface area contributed by atoms with Crippen LogP contribution in [0.15, 0.2) is 23.1 Å². The minimum atomic E-state index is -0.406. The molecular weight excluding hydrogens is 246 g/mol. The fraction of sp³-hybridized carbons (Fsp3) is 0.571. The van der Waals surface area contributed by atoms with Gasteiger partial charge in [0.1, 0.15) is 6.54 Å². The lowest BCUT2D eigenvalue weighted by molar-refractivity contribution is -0.144. The molecule has 0 aliphatic heterocycles. The summed E-state index contributed by atoms with van der Waals surface area (Å²) in [7, 11) is 0. The maximum Gasteiger partial charge on any atom is 0.326 e. The summed E-state index contributed by atoms with van der Waals surface area (Å²) in [6.45, 7) is 6.64. The lowest BCUT2D eigenvalue weighted by Gasteiger charge is -2.09. The second kappa shape index (κ2) is 7.61. The molecule has 0 radical (unpaired) electrons. The summed E-state index contributed by atoms with van der Waals surface area (Å²) in [5, 5.41) is 0. The first-order valence-electron chi connectivity index (χ1n) is 6.52. The first kappa shape index (κ1) is 15.3. The Kier molecular flexibility index (Phi) is 6.12. The van der Waals surface area contributed by atoms with Crippen LogP contribution in [0.1, 0.15) is 27.2 Å². The van der Waals surface area contributed by atoms with E-state index >= 15 is 0 Å². The fourth-order valence-corrected chi connectivity index (χ4v) is 1.50. The molecule has 0 amide bonds. The number of nitrogens with zero attached hydrogens (tertiary/aromatic N) is 1. The Bertz CT molecular complexity index is 465. The van der Waals surface area contributed by atoms with Gasteiger partial charge in [-0.15, -0.1) is 0 Å². The zero-order chi connectivity index (χ0) is 14.3. The van der Waals surface area contributed by atoms with E-state index in [9.17, 15) is 9.59 Å². The van der Waals surface area contributed by atoms with Crippen LogP contribution in [0.25, 0.3) is 0 Å². The van der Waals surface area contributed by atoms with Gasteiger partial charge in [-0.1, -0.05) is 13.8 Å². The second-order valence-electron chi connectivity index (χ2n) is 4.64. The Morgan fingerprint density at radius 3 is 2.79 bits per heavy atom. The van der Waals surface area contributed by atoms with Crippen LogP contribution < -0.4 is 10.3 Å². The molecule has 0 N–H and O–H groups in total. The molecule has 0 aliphatic carbocycles. The lowest BCUT2D eigenvalue weighted by Crippen LogP contribution is -2.26. The molecule has 0 unspecified atom stereocenters. The Morgan fingerprint density at radius 2 is 2.16 bits per heavy atom. The van der Waals surface area contributed by atoms with Crippen molar-refractivity contribution in [1.82, 2.24) is 4.57 Å². The molecule has 0 saturated heterocycles. The molecular formula is C14H21NO4. The molecule has 19 heavy (non-hydrogen) atoms. The van der Waals surface area contributed by atoms with Gasteiger partial charge in [-0.3, -0.25) is 9.59 Å². The van der Waals surface area contributed by atoms with Gasteiger partial charge in [0.15, 0.2) is 5.75 Å².